The van der Waals surface area contributed by atoms with E-state index in [1.807, 2.05) is 6.07 Å². The lowest BCUT2D eigenvalue weighted by Crippen LogP contribution is -2.27. The summed E-state index contributed by atoms with van der Waals surface area (Å²) in [5.74, 6) is 0.502. The number of carbonyl (C=O) groups is 2. The van der Waals surface area contributed by atoms with Crippen molar-refractivity contribution in [1.82, 2.24) is 14.5 Å². The van der Waals surface area contributed by atoms with Gasteiger partial charge in [0.25, 0.3) is 0 Å². The molecule has 2 aromatic heterocycles. The van der Waals surface area contributed by atoms with Crippen molar-refractivity contribution in [3.8, 4) is 11.5 Å². The van der Waals surface area contributed by atoms with Gasteiger partial charge in [-0.2, -0.15) is 0 Å². The van der Waals surface area contributed by atoms with Crippen LogP contribution in [0.1, 0.15) is 50.5 Å². The number of likely N-dealkylation sites (tertiary alicyclic amines) is 1. The molecule has 0 bridgehead atoms. The Morgan fingerprint density at radius 2 is 1.71 bits per heavy atom. The Kier molecular flexibility index (Phi) is 7.16. The molecule has 1 saturated heterocycles. The van der Waals surface area contributed by atoms with Crippen molar-refractivity contribution in [2.75, 3.05) is 40.5 Å². The van der Waals surface area contributed by atoms with E-state index in [1.165, 1.54) is 30.6 Å². The molecule has 0 aliphatic carbocycles. The van der Waals surface area contributed by atoms with Crippen molar-refractivity contribution in [2.45, 2.75) is 45.6 Å². The van der Waals surface area contributed by atoms with Gasteiger partial charge in [-0.1, -0.05) is 0 Å². The van der Waals surface area contributed by atoms with Gasteiger partial charge in [-0.25, -0.2) is 19.1 Å². The largest absolute Gasteiger partial charge is 0.493 e. The van der Waals surface area contributed by atoms with Crippen LogP contribution in [0.3, 0.4) is 0 Å². The number of pyridine rings is 1. The lowest BCUT2D eigenvalue weighted by Gasteiger charge is -2.20. The second-order valence-electron chi connectivity index (χ2n) is 9.67. The van der Waals surface area contributed by atoms with Crippen molar-refractivity contribution in [1.29, 1.82) is 0 Å². The third kappa shape index (κ3) is 5.35. The fourth-order valence-corrected chi connectivity index (χ4v) is 4.39. The molecule has 4 rings (SSSR count). The molecule has 0 amide bonds. The maximum absolute atomic E-state index is 13.3. The molecule has 0 spiro atoms. The number of hydrogen-bond acceptors (Lipinski definition) is 8. The summed E-state index contributed by atoms with van der Waals surface area (Å²) in [6, 6.07) is 5.15. The van der Waals surface area contributed by atoms with Gasteiger partial charge in [-0.3, -0.25) is 0 Å². The lowest BCUT2D eigenvalue weighted by molar-refractivity contribution is 0.0547. The zero-order chi connectivity index (χ0) is 25.2. The molecule has 9 nitrogen and oxygen atoms in total. The highest BCUT2D eigenvalue weighted by atomic mass is 16.6. The van der Waals surface area contributed by atoms with Crippen LogP contribution in [0.5, 0.6) is 11.5 Å². The molecule has 1 aliphatic heterocycles. The van der Waals surface area contributed by atoms with E-state index in [-0.39, 0.29) is 5.69 Å². The highest BCUT2D eigenvalue weighted by Gasteiger charge is 2.25. The van der Waals surface area contributed by atoms with E-state index < -0.39 is 17.7 Å². The molecule has 1 fully saturated rings. The fourth-order valence-electron chi connectivity index (χ4n) is 4.39. The molecule has 35 heavy (non-hydrogen) atoms. The van der Waals surface area contributed by atoms with E-state index in [0.29, 0.717) is 34.5 Å². The van der Waals surface area contributed by atoms with Crippen LogP contribution in [0, 0.1) is 0 Å². The molecule has 1 aromatic carbocycles. The predicted octanol–water partition coefficient (Wildman–Crippen LogP) is 4.63. The van der Waals surface area contributed by atoms with Crippen molar-refractivity contribution >= 4 is 33.9 Å². The second kappa shape index (κ2) is 10.1. The van der Waals surface area contributed by atoms with Gasteiger partial charge in [0.15, 0.2) is 11.5 Å². The summed E-state index contributed by atoms with van der Waals surface area (Å²) in [4.78, 5) is 32.1. The highest BCUT2D eigenvalue weighted by Crippen LogP contribution is 2.38. The minimum Gasteiger partial charge on any atom is -0.493 e. The summed E-state index contributed by atoms with van der Waals surface area (Å²) in [5.41, 5.74) is 0.448. The molecule has 9 heteroatoms. The van der Waals surface area contributed by atoms with Gasteiger partial charge < -0.3 is 23.8 Å². The maximum Gasteiger partial charge on any atom is 0.419 e. The van der Waals surface area contributed by atoms with Gasteiger partial charge in [-0.05, 0) is 65.3 Å². The first kappa shape index (κ1) is 24.8. The normalized spacial score (nSPS) is 14.4. The third-order valence-corrected chi connectivity index (χ3v) is 5.98. The number of nitrogens with zero attached hydrogens (tertiary/aromatic N) is 3. The smallest absolute Gasteiger partial charge is 0.419 e. The van der Waals surface area contributed by atoms with Gasteiger partial charge in [0.1, 0.15) is 11.3 Å². The first-order valence-corrected chi connectivity index (χ1v) is 11.9. The molecule has 3 heterocycles. The number of ether oxygens (including phenoxy) is 4. The second-order valence-corrected chi connectivity index (χ2v) is 9.67. The number of hydrogen-bond donors (Lipinski definition) is 0. The number of carbonyl (C=O) groups excluding carboxylic acids is 2. The number of esters is 1. The van der Waals surface area contributed by atoms with Crippen molar-refractivity contribution in [3.05, 3.63) is 30.1 Å². The zero-order valence-electron chi connectivity index (χ0n) is 21.1. The van der Waals surface area contributed by atoms with E-state index in [1.54, 1.807) is 40.1 Å². The quantitative estimate of drug-likeness (QED) is 0.355. The standard InChI is InChI=1S/C26H33N3O6/c1-26(2,3)35-25(31)29-20-14-19(24(30)33-5)27-16-18(20)17-13-22(32-4)23(15-21(17)29)34-12-8-11-28-9-6-7-10-28/h13-16H,6-12H2,1-5H3. The summed E-state index contributed by atoms with van der Waals surface area (Å²) >= 11 is 0. The van der Waals surface area contributed by atoms with E-state index in [2.05, 4.69) is 9.88 Å². The van der Waals surface area contributed by atoms with Crippen LogP contribution in [0.4, 0.5) is 4.79 Å². The molecule has 0 radical (unpaired) electrons. The van der Waals surface area contributed by atoms with Gasteiger partial charge in [0.2, 0.25) is 0 Å². The monoisotopic (exact) mass is 483 g/mol. The first-order valence-electron chi connectivity index (χ1n) is 11.9. The Morgan fingerprint density at radius 1 is 1.00 bits per heavy atom. The predicted molar refractivity (Wildman–Crippen MR) is 133 cm³/mol. The minimum atomic E-state index is -0.709. The van der Waals surface area contributed by atoms with E-state index >= 15 is 0 Å². The lowest BCUT2D eigenvalue weighted by atomic mass is 10.1. The summed E-state index contributed by atoms with van der Waals surface area (Å²) in [6.45, 7) is 9.22. The number of benzene rings is 1. The molecule has 188 valence electrons. The Balaban J connectivity index is 1.76. The number of rotatable bonds is 7. The van der Waals surface area contributed by atoms with Crippen LogP contribution < -0.4 is 9.47 Å². The van der Waals surface area contributed by atoms with Crippen LogP contribution in [0.15, 0.2) is 24.4 Å². The SMILES string of the molecule is COC(=O)c1cc2c(cn1)c1cc(OC)c(OCCCN3CCCC3)cc1n2C(=O)OC(C)(C)C. The van der Waals surface area contributed by atoms with E-state index in [9.17, 15) is 9.59 Å². The molecular weight excluding hydrogens is 450 g/mol. The molecule has 3 aromatic rings. The Labute approximate surface area is 204 Å². The van der Waals surface area contributed by atoms with Gasteiger partial charge >= 0.3 is 12.1 Å². The van der Waals surface area contributed by atoms with Crippen LogP contribution in [0.2, 0.25) is 0 Å². The average molecular weight is 484 g/mol. The van der Waals surface area contributed by atoms with Crippen LogP contribution in [-0.4, -0.2) is 72.6 Å². The topological polar surface area (TPSA) is 92.1 Å². The van der Waals surface area contributed by atoms with Gasteiger partial charge in [-0.15, -0.1) is 0 Å². The van der Waals surface area contributed by atoms with Gasteiger partial charge in [0, 0.05) is 29.6 Å². The zero-order valence-corrected chi connectivity index (χ0v) is 21.1. The molecule has 1 aliphatic rings. The van der Waals surface area contributed by atoms with Crippen molar-refractivity contribution in [2.24, 2.45) is 0 Å². The van der Waals surface area contributed by atoms with Crippen LogP contribution in [-0.2, 0) is 9.47 Å². The number of methoxy groups -OCH3 is 2. The van der Waals surface area contributed by atoms with E-state index in [0.717, 1.165) is 31.4 Å². The van der Waals surface area contributed by atoms with Crippen LogP contribution >= 0.6 is 0 Å². The summed E-state index contributed by atoms with van der Waals surface area (Å²) < 4.78 is 23.7. The Morgan fingerprint density at radius 3 is 2.37 bits per heavy atom. The molecular formula is C26H33N3O6. The molecule has 0 saturated carbocycles. The van der Waals surface area contributed by atoms with Crippen molar-refractivity contribution < 1.29 is 28.5 Å². The number of fused-ring (bicyclic) bond motifs is 3. The summed E-state index contributed by atoms with van der Waals surface area (Å²) in [5, 5.41) is 1.41. The highest BCUT2D eigenvalue weighted by molar-refractivity contribution is 6.14. The maximum atomic E-state index is 13.3. The minimum absolute atomic E-state index is 0.0953. The Hall–Kier alpha value is -3.33. The average Bonchev–Trinajstić information content (AvgIpc) is 3.44. The van der Waals surface area contributed by atoms with Crippen molar-refractivity contribution in [3.63, 3.8) is 0 Å². The number of aromatic nitrogens is 2. The first-order chi connectivity index (χ1) is 16.7. The molecule has 0 atom stereocenters. The summed E-state index contributed by atoms with van der Waals surface area (Å²) in [7, 11) is 2.87. The Bertz CT molecular complexity index is 1240. The fraction of sp³-hybridized carbons (Fsp3) is 0.500. The summed E-state index contributed by atoms with van der Waals surface area (Å²) in [6.07, 6.45) is 4.40. The molecule has 0 N–H and O–H groups in total. The van der Waals surface area contributed by atoms with Crippen LogP contribution in [0.25, 0.3) is 21.8 Å². The molecule has 0 unspecified atom stereocenters. The van der Waals surface area contributed by atoms with E-state index in [4.69, 9.17) is 18.9 Å². The third-order valence-electron chi connectivity index (χ3n) is 5.98. The van der Waals surface area contributed by atoms with Gasteiger partial charge in [0.05, 0.1) is 31.9 Å².